The second kappa shape index (κ2) is 8.20. The minimum absolute atomic E-state index is 0.0741. The van der Waals surface area contributed by atoms with Crippen LogP contribution in [0.25, 0.3) is 0 Å². The molecule has 68 valence electrons. The van der Waals surface area contributed by atoms with Gasteiger partial charge in [0.1, 0.15) is 0 Å². The maximum absolute atomic E-state index is 10.1. The van der Waals surface area contributed by atoms with Crippen molar-refractivity contribution in [3.05, 3.63) is 45.6 Å². The highest BCUT2D eigenvalue weighted by molar-refractivity contribution is 9.11. The van der Waals surface area contributed by atoms with Crippen molar-refractivity contribution in [1.82, 2.24) is 0 Å². The van der Waals surface area contributed by atoms with Gasteiger partial charge >= 0.3 is 0 Å². The Morgan fingerprint density at radius 2 is 1.83 bits per heavy atom. The summed E-state index contributed by atoms with van der Waals surface area (Å²) in [5, 5.41) is 10.1. The summed E-state index contributed by atoms with van der Waals surface area (Å²) in [5.41, 5.74) is -0.0741. The highest BCUT2D eigenvalue weighted by atomic mass is 79.9. The van der Waals surface area contributed by atoms with E-state index in [4.69, 9.17) is 0 Å². The molecule has 0 bridgehead atoms. The van der Waals surface area contributed by atoms with Crippen molar-refractivity contribution in [3.63, 3.8) is 0 Å². The van der Waals surface area contributed by atoms with E-state index in [2.05, 4.69) is 29.1 Å². The predicted octanol–water partition coefficient (Wildman–Crippen LogP) is 3.27. The number of nitro groups is 1. The highest BCUT2D eigenvalue weighted by Crippen LogP contribution is 2.13. The van der Waals surface area contributed by atoms with Gasteiger partial charge in [-0.25, -0.2) is 0 Å². The average molecular weight is 234 g/mol. The van der Waals surface area contributed by atoms with E-state index in [9.17, 15) is 10.1 Å². The summed E-state index contributed by atoms with van der Waals surface area (Å²) in [6.45, 7) is 10.6. The first kappa shape index (κ1) is 13.7. The lowest BCUT2D eigenvalue weighted by atomic mass is 10.4. The summed E-state index contributed by atoms with van der Waals surface area (Å²) in [6.07, 6.45) is 2.51. The standard InChI is InChI=1S/C6H6BrNO2.C2H6/c1-3-5(7)6(4-2)8(9)10;1-2/h3-4H,1-2H2;1-2H3/b6-5-;. The molecular formula is C8H12BrNO2. The maximum atomic E-state index is 10.1. The molecule has 0 unspecified atom stereocenters. The maximum Gasteiger partial charge on any atom is 0.282 e. The van der Waals surface area contributed by atoms with Crippen molar-refractivity contribution in [2.45, 2.75) is 13.8 Å². The van der Waals surface area contributed by atoms with E-state index < -0.39 is 4.92 Å². The fourth-order valence-corrected chi connectivity index (χ4v) is 0.670. The Morgan fingerprint density at radius 1 is 1.42 bits per heavy atom. The molecule has 4 heteroatoms. The van der Waals surface area contributed by atoms with Crippen LogP contribution in [0.1, 0.15) is 13.8 Å². The Kier molecular flexibility index (Phi) is 9.34. The Hall–Kier alpha value is -0.900. The summed E-state index contributed by atoms with van der Waals surface area (Å²) in [6, 6.07) is 0. The molecule has 0 atom stereocenters. The molecule has 0 rings (SSSR count). The van der Waals surface area contributed by atoms with Crippen LogP contribution >= 0.6 is 15.9 Å². The molecule has 0 aromatic heterocycles. The lowest BCUT2D eigenvalue weighted by molar-refractivity contribution is -0.419. The monoisotopic (exact) mass is 233 g/mol. The average Bonchev–Trinajstić information content (AvgIpc) is 2.08. The van der Waals surface area contributed by atoms with E-state index in [0.717, 1.165) is 6.08 Å². The molecule has 0 saturated carbocycles. The van der Waals surface area contributed by atoms with Crippen molar-refractivity contribution in [2.24, 2.45) is 0 Å². The van der Waals surface area contributed by atoms with Gasteiger partial charge < -0.3 is 0 Å². The number of halogens is 1. The summed E-state index contributed by atoms with van der Waals surface area (Å²) in [7, 11) is 0. The second-order valence-corrected chi connectivity index (χ2v) is 2.25. The summed E-state index contributed by atoms with van der Waals surface area (Å²) in [4.78, 5) is 9.60. The quantitative estimate of drug-likeness (QED) is 0.427. The molecule has 0 radical (unpaired) electrons. The molecule has 0 aliphatic heterocycles. The van der Waals surface area contributed by atoms with E-state index in [1.807, 2.05) is 13.8 Å². The normalized spacial score (nSPS) is 10.2. The number of nitrogens with zero attached hydrogens (tertiary/aromatic N) is 1. The van der Waals surface area contributed by atoms with Crippen LogP contribution in [0.2, 0.25) is 0 Å². The molecule has 3 nitrogen and oxygen atoms in total. The van der Waals surface area contributed by atoms with Crippen molar-refractivity contribution < 1.29 is 4.92 Å². The highest BCUT2D eigenvalue weighted by Gasteiger charge is 2.08. The van der Waals surface area contributed by atoms with Crippen LogP contribution in [0, 0.1) is 10.1 Å². The van der Waals surface area contributed by atoms with Gasteiger partial charge in [0.2, 0.25) is 0 Å². The van der Waals surface area contributed by atoms with Gasteiger partial charge in [-0.05, 0) is 22.0 Å². The van der Waals surface area contributed by atoms with Gasteiger partial charge in [-0.2, -0.15) is 0 Å². The molecule has 0 amide bonds. The topological polar surface area (TPSA) is 43.1 Å². The van der Waals surface area contributed by atoms with Crippen LogP contribution in [0.3, 0.4) is 0 Å². The van der Waals surface area contributed by atoms with Gasteiger partial charge in [0, 0.05) is 6.08 Å². The zero-order valence-corrected chi connectivity index (χ0v) is 8.80. The second-order valence-electron chi connectivity index (χ2n) is 1.40. The van der Waals surface area contributed by atoms with Crippen LogP contribution in [-0.4, -0.2) is 4.92 Å². The third-order valence-corrected chi connectivity index (χ3v) is 1.54. The molecular weight excluding hydrogens is 222 g/mol. The Labute approximate surface area is 80.8 Å². The first-order valence-corrected chi connectivity index (χ1v) is 4.21. The number of allylic oxidation sites excluding steroid dienone is 3. The SMILES string of the molecule is C=C/C(Br)=C(\C=C)[N+](=O)[O-].CC. The number of hydrogen-bond acceptors (Lipinski definition) is 2. The lowest BCUT2D eigenvalue weighted by Gasteiger charge is -1.90. The van der Waals surface area contributed by atoms with Crippen LogP contribution in [-0.2, 0) is 0 Å². The van der Waals surface area contributed by atoms with Crippen molar-refractivity contribution in [1.29, 1.82) is 0 Å². The van der Waals surface area contributed by atoms with Crippen LogP contribution in [0.5, 0.6) is 0 Å². The number of hydrogen-bond donors (Lipinski definition) is 0. The zero-order chi connectivity index (χ0) is 10.1. The first-order valence-electron chi connectivity index (χ1n) is 3.42. The third kappa shape index (κ3) is 4.85. The molecule has 0 fully saturated rings. The predicted molar refractivity (Wildman–Crippen MR) is 54.7 cm³/mol. The van der Waals surface area contributed by atoms with E-state index in [0.29, 0.717) is 4.48 Å². The molecule has 0 N–H and O–H groups in total. The molecule has 0 aliphatic carbocycles. The minimum atomic E-state index is -0.529. The molecule has 0 aliphatic rings. The fraction of sp³-hybridized carbons (Fsp3) is 0.250. The van der Waals surface area contributed by atoms with Gasteiger partial charge in [-0.1, -0.05) is 27.0 Å². The summed E-state index contributed by atoms with van der Waals surface area (Å²) in [5.74, 6) is 0. The minimum Gasteiger partial charge on any atom is -0.258 e. The van der Waals surface area contributed by atoms with Crippen molar-refractivity contribution in [2.75, 3.05) is 0 Å². The number of rotatable bonds is 3. The smallest absolute Gasteiger partial charge is 0.258 e. The Morgan fingerprint density at radius 3 is 1.92 bits per heavy atom. The molecule has 0 saturated heterocycles. The van der Waals surface area contributed by atoms with E-state index >= 15 is 0 Å². The molecule has 0 aromatic rings. The van der Waals surface area contributed by atoms with Crippen LogP contribution in [0.15, 0.2) is 35.5 Å². The van der Waals surface area contributed by atoms with Crippen molar-refractivity contribution in [3.8, 4) is 0 Å². The summed E-state index contributed by atoms with van der Waals surface area (Å²) < 4.78 is 0.340. The largest absolute Gasteiger partial charge is 0.282 e. The van der Waals surface area contributed by atoms with E-state index in [1.54, 1.807) is 0 Å². The van der Waals surface area contributed by atoms with Gasteiger partial charge in [0.25, 0.3) is 5.70 Å². The first-order chi connectivity index (χ1) is 5.63. The molecule has 0 heterocycles. The van der Waals surface area contributed by atoms with Gasteiger partial charge in [0.15, 0.2) is 0 Å². The Bertz CT molecular complexity index is 209. The van der Waals surface area contributed by atoms with Crippen LogP contribution in [0.4, 0.5) is 0 Å². The fourth-order valence-electron chi connectivity index (χ4n) is 0.364. The Balaban J connectivity index is 0. The third-order valence-electron chi connectivity index (χ3n) is 0.814. The van der Waals surface area contributed by atoms with Crippen LogP contribution < -0.4 is 0 Å². The molecule has 0 spiro atoms. The van der Waals surface area contributed by atoms with Crippen molar-refractivity contribution >= 4 is 15.9 Å². The molecule has 12 heavy (non-hydrogen) atoms. The van der Waals surface area contributed by atoms with E-state index in [1.165, 1.54) is 6.08 Å². The lowest BCUT2D eigenvalue weighted by Crippen LogP contribution is -1.95. The van der Waals surface area contributed by atoms with E-state index in [-0.39, 0.29) is 5.70 Å². The zero-order valence-electron chi connectivity index (χ0n) is 7.21. The van der Waals surface area contributed by atoms with Gasteiger partial charge in [0.05, 0.1) is 9.41 Å². The van der Waals surface area contributed by atoms with Gasteiger partial charge in [-0.15, -0.1) is 0 Å². The summed E-state index contributed by atoms with van der Waals surface area (Å²) >= 11 is 2.95. The molecule has 0 aromatic carbocycles. The van der Waals surface area contributed by atoms with Gasteiger partial charge in [-0.3, -0.25) is 10.1 Å².